The minimum Gasteiger partial charge on any atom is -0.298 e. The number of Topliss-reactive ketones (excluding diaryl/α,β-unsaturated/α-hetero) is 1. The maximum Gasteiger partial charge on any atom is 0.150 e. The Balaban J connectivity index is 3.90. The molecule has 3 heteroatoms. The first-order chi connectivity index (χ1) is 6.23. The van der Waals surface area contributed by atoms with Crippen LogP contribution >= 0.6 is 0 Å². The third-order valence-corrected chi connectivity index (χ3v) is 3.33. The Labute approximate surface area is 89.9 Å². The summed E-state index contributed by atoms with van der Waals surface area (Å²) in [5.74, 6) is 1.53. The van der Waals surface area contributed by atoms with Gasteiger partial charge in [-0.25, -0.2) is 0 Å². The number of hydrogen-bond donors (Lipinski definition) is 0. The van der Waals surface area contributed by atoms with Crippen LogP contribution in [-0.4, -0.2) is 21.5 Å². The van der Waals surface area contributed by atoms with Crippen molar-refractivity contribution in [3.63, 3.8) is 0 Å². The minimum absolute atomic E-state index is 0.0968. The predicted molar refractivity (Wildman–Crippen MR) is 61.8 cm³/mol. The van der Waals surface area contributed by atoms with Crippen molar-refractivity contribution in [2.45, 2.75) is 41.0 Å². The molecular weight excluding hydrogens is 196 g/mol. The Morgan fingerprint density at radius 3 is 2.14 bits per heavy atom. The number of carbonyl (C=O) groups is 1. The summed E-state index contributed by atoms with van der Waals surface area (Å²) >= 11 is 0. The summed E-state index contributed by atoms with van der Waals surface area (Å²) in [6.45, 7) is 9.81. The molecule has 2 nitrogen and oxygen atoms in total. The molecule has 0 rings (SSSR count). The standard InChI is InChI=1S/C11H22O2S/c1-9(2)6-7-14(13)8-10(12)11(3,4)5/h9H,6-8H2,1-5H3. The van der Waals surface area contributed by atoms with Gasteiger partial charge < -0.3 is 0 Å². The van der Waals surface area contributed by atoms with Gasteiger partial charge in [-0.15, -0.1) is 0 Å². The van der Waals surface area contributed by atoms with Gasteiger partial charge >= 0.3 is 0 Å². The molecule has 0 spiro atoms. The van der Waals surface area contributed by atoms with E-state index in [9.17, 15) is 9.00 Å². The first kappa shape index (κ1) is 13.8. The summed E-state index contributed by atoms with van der Waals surface area (Å²) in [4.78, 5) is 11.5. The van der Waals surface area contributed by atoms with Crippen LogP contribution in [0.25, 0.3) is 0 Å². The molecule has 0 aliphatic heterocycles. The van der Waals surface area contributed by atoms with Crippen LogP contribution in [0, 0.1) is 11.3 Å². The van der Waals surface area contributed by atoms with Crippen molar-refractivity contribution in [1.29, 1.82) is 0 Å². The van der Waals surface area contributed by atoms with Crippen LogP contribution in [0.3, 0.4) is 0 Å². The molecule has 0 saturated carbocycles. The van der Waals surface area contributed by atoms with Crippen LogP contribution < -0.4 is 0 Å². The molecule has 0 bridgehead atoms. The Kier molecular flexibility index (Phi) is 5.57. The lowest BCUT2D eigenvalue weighted by Gasteiger charge is -2.16. The second-order valence-electron chi connectivity index (χ2n) is 5.14. The van der Waals surface area contributed by atoms with E-state index in [-0.39, 0.29) is 17.0 Å². The van der Waals surface area contributed by atoms with Gasteiger partial charge in [-0.2, -0.15) is 0 Å². The molecule has 0 aromatic carbocycles. The molecule has 0 aliphatic rings. The normalized spacial score (nSPS) is 14.4. The van der Waals surface area contributed by atoms with E-state index in [1.54, 1.807) is 0 Å². The topological polar surface area (TPSA) is 34.1 Å². The molecule has 14 heavy (non-hydrogen) atoms. The third kappa shape index (κ3) is 6.30. The SMILES string of the molecule is CC(C)CCS(=O)CC(=O)C(C)(C)C. The second kappa shape index (κ2) is 5.64. The highest BCUT2D eigenvalue weighted by molar-refractivity contribution is 7.85. The van der Waals surface area contributed by atoms with Crippen LogP contribution in [0.2, 0.25) is 0 Å². The van der Waals surface area contributed by atoms with Crippen LogP contribution in [0.15, 0.2) is 0 Å². The molecule has 1 unspecified atom stereocenters. The molecule has 0 saturated heterocycles. The van der Waals surface area contributed by atoms with Crippen molar-refractivity contribution < 1.29 is 9.00 Å². The summed E-state index contributed by atoms with van der Waals surface area (Å²) in [7, 11) is -0.967. The van der Waals surface area contributed by atoms with Gasteiger partial charge in [0.15, 0.2) is 5.78 Å². The molecule has 0 aromatic rings. The molecule has 0 fully saturated rings. The van der Waals surface area contributed by atoms with Crippen LogP contribution in [-0.2, 0) is 15.6 Å². The first-order valence-corrected chi connectivity index (χ1v) is 6.60. The largest absolute Gasteiger partial charge is 0.298 e. The highest BCUT2D eigenvalue weighted by Crippen LogP contribution is 2.15. The molecule has 0 N–H and O–H groups in total. The molecule has 0 heterocycles. The summed E-state index contributed by atoms with van der Waals surface area (Å²) in [6, 6.07) is 0. The fourth-order valence-electron chi connectivity index (χ4n) is 0.802. The van der Waals surface area contributed by atoms with Crippen LogP contribution in [0.5, 0.6) is 0 Å². The number of rotatable bonds is 5. The van der Waals surface area contributed by atoms with Gasteiger partial charge in [0.2, 0.25) is 0 Å². The Morgan fingerprint density at radius 1 is 1.29 bits per heavy atom. The quantitative estimate of drug-likeness (QED) is 0.710. The Hall–Kier alpha value is -0.180. The average Bonchev–Trinajstić information content (AvgIpc) is 1.99. The van der Waals surface area contributed by atoms with E-state index in [2.05, 4.69) is 13.8 Å². The summed E-state index contributed by atoms with van der Waals surface area (Å²) < 4.78 is 11.5. The van der Waals surface area contributed by atoms with Crippen molar-refractivity contribution in [3.8, 4) is 0 Å². The maximum atomic E-state index is 11.5. The zero-order chi connectivity index (χ0) is 11.4. The molecule has 0 aromatic heterocycles. The molecule has 84 valence electrons. The summed E-state index contributed by atoms with van der Waals surface area (Å²) in [5.41, 5.74) is -0.354. The summed E-state index contributed by atoms with van der Waals surface area (Å²) in [5, 5.41) is 0. The maximum absolute atomic E-state index is 11.5. The lowest BCUT2D eigenvalue weighted by Crippen LogP contribution is -2.26. The van der Waals surface area contributed by atoms with Gasteiger partial charge in [0.1, 0.15) is 0 Å². The van der Waals surface area contributed by atoms with Crippen molar-refractivity contribution in [1.82, 2.24) is 0 Å². The van der Waals surface area contributed by atoms with E-state index in [4.69, 9.17) is 0 Å². The zero-order valence-corrected chi connectivity index (χ0v) is 10.7. The van der Waals surface area contributed by atoms with Gasteiger partial charge in [0.25, 0.3) is 0 Å². The van der Waals surface area contributed by atoms with Gasteiger partial charge in [-0.3, -0.25) is 9.00 Å². The fraction of sp³-hybridized carbons (Fsp3) is 0.909. The smallest absolute Gasteiger partial charge is 0.150 e. The van der Waals surface area contributed by atoms with Gasteiger partial charge in [0.05, 0.1) is 5.75 Å². The van der Waals surface area contributed by atoms with Crippen molar-refractivity contribution >= 4 is 16.6 Å². The second-order valence-corrected chi connectivity index (χ2v) is 6.72. The van der Waals surface area contributed by atoms with Gasteiger partial charge in [-0.05, 0) is 12.3 Å². The molecule has 0 radical (unpaired) electrons. The Bertz CT molecular complexity index is 214. The minimum atomic E-state index is -0.967. The zero-order valence-electron chi connectivity index (χ0n) is 9.92. The molecule has 0 amide bonds. The fourth-order valence-corrected chi connectivity index (χ4v) is 2.41. The molecule has 1 atom stereocenters. The van der Waals surface area contributed by atoms with E-state index in [0.717, 1.165) is 6.42 Å². The van der Waals surface area contributed by atoms with Crippen LogP contribution in [0.1, 0.15) is 41.0 Å². The van der Waals surface area contributed by atoms with Gasteiger partial charge in [0, 0.05) is 22.0 Å². The lowest BCUT2D eigenvalue weighted by atomic mass is 9.92. The van der Waals surface area contributed by atoms with E-state index in [0.29, 0.717) is 11.7 Å². The molecule has 0 aliphatic carbocycles. The van der Waals surface area contributed by atoms with E-state index in [1.165, 1.54) is 0 Å². The lowest BCUT2D eigenvalue weighted by molar-refractivity contribution is -0.123. The van der Waals surface area contributed by atoms with Gasteiger partial charge in [-0.1, -0.05) is 34.6 Å². The van der Waals surface area contributed by atoms with Crippen LogP contribution in [0.4, 0.5) is 0 Å². The third-order valence-electron chi connectivity index (χ3n) is 2.05. The van der Waals surface area contributed by atoms with Crippen molar-refractivity contribution in [2.24, 2.45) is 11.3 Å². The van der Waals surface area contributed by atoms with E-state index >= 15 is 0 Å². The van der Waals surface area contributed by atoms with Crippen molar-refractivity contribution in [3.05, 3.63) is 0 Å². The predicted octanol–water partition coefficient (Wildman–Crippen LogP) is 2.40. The summed E-state index contributed by atoms with van der Waals surface area (Å²) in [6.07, 6.45) is 0.935. The Morgan fingerprint density at radius 2 is 1.79 bits per heavy atom. The highest BCUT2D eigenvalue weighted by atomic mass is 32.2. The monoisotopic (exact) mass is 218 g/mol. The number of carbonyl (C=O) groups excluding carboxylic acids is 1. The molecular formula is C11H22O2S. The van der Waals surface area contributed by atoms with E-state index < -0.39 is 10.8 Å². The van der Waals surface area contributed by atoms with E-state index in [1.807, 2.05) is 20.8 Å². The van der Waals surface area contributed by atoms with Crippen molar-refractivity contribution in [2.75, 3.05) is 11.5 Å². The number of ketones is 1. The first-order valence-electron chi connectivity index (χ1n) is 5.11. The average molecular weight is 218 g/mol. The number of hydrogen-bond acceptors (Lipinski definition) is 2. The highest BCUT2D eigenvalue weighted by Gasteiger charge is 2.22.